The zero-order chi connectivity index (χ0) is 14.7. The number of nitrogens with one attached hydrogen (secondary N) is 1. The molecule has 1 fully saturated rings. The van der Waals surface area contributed by atoms with Crippen LogP contribution < -0.4 is 10.1 Å². The summed E-state index contributed by atoms with van der Waals surface area (Å²) in [5.74, 6) is 5.01. The molecule has 106 valence electrons. The Balaban J connectivity index is 1.75. The molecule has 0 amide bonds. The summed E-state index contributed by atoms with van der Waals surface area (Å²) >= 11 is 0. The smallest absolute Gasteiger partial charge is 0.126 e. The molecule has 0 saturated heterocycles. The average Bonchev–Trinajstić information content (AvgIpc) is 3.38. The summed E-state index contributed by atoms with van der Waals surface area (Å²) in [5, 5.41) is 3.35. The van der Waals surface area contributed by atoms with Crippen molar-refractivity contribution in [3.63, 3.8) is 0 Å². The van der Waals surface area contributed by atoms with Crippen molar-refractivity contribution in [1.82, 2.24) is 4.98 Å². The van der Waals surface area contributed by atoms with Crippen LogP contribution in [0.2, 0.25) is 0 Å². The Kier molecular flexibility index (Phi) is 3.79. The fourth-order valence-electron chi connectivity index (χ4n) is 2.42. The lowest BCUT2D eigenvalue weighted by atomic mass is 10.0. The van der Waals surface area contributed by atoms with E-state index in [1.165, 1.54) is 24.0 Å². The van der Waals surface area contributed by atoms with Crippen molar-refractivity contribution in [3.8, 4) is 18.1 Å². The van der Waals surface area contributed by atoms with Gasteiger partial charge >= 0.3 is 0 Å². The number of rotatable bonds is 5. The molecular formula is C18H18N2O. The predicted molar refractivity (Wildman–Crippen MR) is 84.5 cm³/mol. The van der Waals surface area contributed by atoms with Crippen LogP contribution in [0.25, 0.3) is 0 Å². The SMILES string of the molecule is C#Cc1ccc(NCc2cc(OC)ccc2C2CC2)nc1. The minimum atomic E-state index is 0.712. The number of aromatic nitrogens is 1. The molecule has 0 spiro atoms. The van der Waals surface area contributed by atoms with Gasteiger partial charge in [-0.2, -0.15) is 0 Å². The molecule has 0 radical (unpaired) electrons. The van der Waals surface area contributed by atoms with Crippen molar-refractivity contribution in [3.05, 3.63) is 53.2 Å². The highest BCUT2D eigenvalue weighted by Gasteiger charge is 2.26. The third-order valence-corrected chi connectivity index (χ3v) is 3.76. The first-order valence-corrected chi connectivity index (χ1v) is 7.13. The molecule has 1 N–H and O–H groups in total. The van der Waals surface area contributed by atoms with E-state index >= 15 is 0 Å². The summed E-state index contributed by atoms with van der Waals surface area (Å²) in [7, 11) is 1.70. The molecule has 3 rings (SSSR count). The number of nitrogens with zero attached hydrogens (tertiary/aromatic N) is 1. The lowest BCUT2D eigenvalue weighted by Crippen LogP contribution is -2.04. The third-order valence-electron chi connectivity index (χ3n) is 3.76. The second kappa shape index (κ2) is 5.88. The number of terminal acetylenes is 1. The number of ether oxygens (including phenoxy) is 1. The van der Waals surface area contributed by atoms with E-state index in [2.05, 4.69) is 28.4 Å². The molecule has 1 aromatic heterocycles. The van der Waals surface area contributed by atoms with Crippen LogP contribution in [0.3, 0.4) is 0 Å². The number of benzene rings is 1. The van der Waals surface area contributed by atoms with Gasteiger partial charge in [0.25, 0.3) is 0 Å². The second-order valence-electron chi connectivity index (χ2n) is 5.27. The van der Waals surface area contributed by atoms with Crippen molar-refractivity contribution < 1.29 is 4.74 Å². The first-order valence-electron chi connectivity index (χ1n) is 7.13. The van der Waals surface area contributed by atoms with E-state index in [0.29, 0.717) is 5.92 Å². The van der Waals surface area contributed by atoms with Gasteiger partial charge in [-0.25, -0.2) is 4.98 Å². The predicted octanol–water partition coefficient (Wildman–Crippen LogP) is 3.56. The van der Waals surface area contributed by atoms with Gasteiger partial charge < -0.3 is 10.1 Å². The van der Waals surface area contributed by atoms with Crippen molar-refractivity contribution in [2.24, 2.45) is 0 Å². The molecule has 21 heavy (non-hydrogen) atoms. The summed E-state index contributed by atoms with van der Waals surface area (Å²) in [6, 6.07) is 10.1. The highest BCUT2D eigenvalue weighted by Crippen LogP contribution is 2.42. The van der Waals surface area contributed by atoms with Crippen LogP contribution in [0, 0.1) is 12.3 Å². The Bertz CT molecular complexity index is 667. The number of hydrogen-bond donors (Lipinski definition) is 1. The Morgan fingerprint density at radius 3 is 2.81 bits per heavy atom. The largest absolute Gasteiger partial charge is 0.497 e. The first kappa shape index (κ1) is 13.5. The van der Waals surface area contributed by atoms with E-state index in [1.807, 2.05) is 18.2 Å². The van der Waals surface area contributed by atoms with Gasteiger partial charge in [0.1, 0.15) is 11.6 Å². The summed E-state index contributed by atoms with van der Waals surface area (Å²) in [6.45, 7) is 0.742. The molecule has 1 aliphatic carbocycles. The van der Waals surface area contributed by atoms with Crippen LogP contribution in [-0.2, 0) is 6.54 Å². The summed E-state index contributed by atoms with van der Waals surface area (Å²) in [5.41, 5.74) is 3.49. The Hall–Kier alpha value is -2.47. The van der Waals surface area contributed by atoms with Crippen molar-refractivity contribution in [1.29, 1.82) is 0 Å². The first-order chi connectivity index (χ1) is 10.3. The van der Waals surface area contributed by atoms with E-state index in [9.17, 15) is 0 Å². The molecule has 3 nitrogen and oxygen atoms in total. The van der Waals surface area contributed by atoms with Gasteiger partial charge in [0.15, 0.2) is 0 Å². The molecule has 1 aromatic carbocycles. The van der Waals surface area contributed by atoms with Crippen LogP contribution in [0.1, 0.15) is 35.4 Å². The van der Waals surface area contributed by atoms with E-state index in [4.69, 9.17) is 11.2 Å². The Labute approximate surface area is 125 Å². The topological polar surface area (TPSA) is 34.1 Å². The Morgan fingerprint density at radius 1 is 1.33 bits per heavy atom. The van der Waals surface area contributed by atoms with Crippen LogP contribution >= 0.6 is 0 Å². The van der Waals surface area contributed by atoms with Crippen LogP contribution in [-0.4, -0.2) is 12.1 Å². The van der Waals surface area contributed by atoms with Gasteiger partial charge in [-0.3, -0.25) is 0 Å². The van der Waals surface area contributed by atoms with Crippen molar-refractivity contribution in [2.75, 3.05) is 12.4 Å². The van der Waals surface area contributed by atoms with Gasteiger partial charge in [0.05, 0.1) is 7.11 Å². The second-order valence-corrected chi connectivity index (χ2v) is 5.27. The van der Waals surface area contributed by atoms with Crippen molar-refractivity contribution in [2.45, 2.75) is 25.3 Å². The molecule has 0 aliphatic heterocycles. The maximum atomic E-state index is 5.33. The highest BCUT2D eigenvalue weighted by atomic mass is 16.5. The van der Waals surface area contributed by atoms with Gasteiger partial charge in [-0.15, -0.1) is 6.42 Å². The van der Waals surface area contributed by atoms with Gasteiger partial charge in [0, 0.05) is 18.3 Å². The van der Waals surface area contributed by atoms with Crippen LogP contribution in [0.4, 0.5) is 5.82 Å². The molecule has 2 aromatic rings. The average molecular weight is 278 g/mol. The van der Waals surface area contributed by atoms with E-state index < -0.39 is 0 Å². The molecule has 3 heteroatoms. The molecular weight excluding hydrogens is 260 g/mol. The fourth-order valence-corrected chi connectivity index (χ4v) is 2.42. The quantitative estimate of drug-likeness (QED) is 0.849. The van der Waals surface area contributed by atoms with Gasteiger partial charge in [0.2, 0.25) is 0 Å². The normalized spacial score (nSPS) is 13.5. The molecule has 1 heterocycles. The number of methoxy groups -OCH3 is 1. The summed E-state index contributed by atoms with van der Waals surface area (Å²) in [4.78, 5) is 4.31. The molecule has 1 aliphatic rings. The van der Waals surface area contributed by atoms with E-state index in [1.54, 1.807) is 13.3 Å². The molecule has 0 atom stereocenters. The summed E-state index contributed by atoms with van der Waals surface area (Å²) in [6.07, 6.45) is 9.61. The van der Waals surface area contributed by atoms with Crippen LogP contribution in [0.5, 0.6) is 5.75 Å². The number of hydrogen-bond acceptors (Lipinski definition) is 3. The fraction of sp³-hybridized carbons (Fsp3) is 0.278. The molecule has 0 bridgehead atoms. The zero-order valence-electron chi connectivity index (χ0n) is 12.1. The third kappa shape index (κ3) is 3.17. The monoisotopic (exact) mass is 278 g/mol. The maximum Gasteiger partial charge on any atom is 0.126 e. The number of pyridine rings is 1. The van der Waals surface area contributed by atoms with Crippen molar-refractivity contribution >= 4 is 5.82 Å². The maximum absolute atomic E-state index is 5.33. The van der Waals surface area contributed by atoms with Gasteiger partial charge in [-0.1, -0.05) is 12.0 Å². The van der Waals surface area contributed by atoms with Gasteiger partial charge in [-0.05, 0) is 54.2 Å². The number of anilines is 1. The van der Waals surface area contributed by atoms with E-state index in [0.717, 1.165) is 23.7 Å². The zero-order valence-corrected chi connectivity index (χ0v) is 12.1. The van der Waals surface area contributed by atoms with E-state index in [-0.39, 0.29) is 0 Å². The lowest BCUT2D eigenvalue weighted by Gasteiger charge is -2.12. The highest BCUT2D eigenvalue weighted by molar-refractivity contribution is 5.44. The standard InChI is InChI=1S/C18H18N2O/c1-3-13-4-9-18(19-11-13)20-12-15-10-16(21-2)7-8-17(15)14-5-6-14/h1,4,7-11,14H,5-6,12H2,2H3,(H,19,20). The summed E-state index contributed by atoms with van der Waals surface area (Å²) < 4.78 is 5.33. The van der Waals surface area contributed by atoms with Crippen LogP contribution in [0.15, 0.2) is 36.5 Å². The lowest BCUT2D eigenvalue weighted by molar-refractivity contribution is 0.414. The molecule has 0 unspecified atom stereocenters. The Morgan fingerprint density at radius 2 is 2.19 bits per heavy atom. The minimum absolute atomic E-state index is 0.712. The molecule has 1 saturated carbocycles. The minimum Gasteiger partial charge on any atom is -0.497 e.